The first-order chi connectivity index (χ1) is 15.3. The van der Waals surface area contributed by atoms with Crippen LogP contribution < -0.4 is 4.74 Å². The van der Waals surface area contributed by atoms with Gasteiger partial charge in [0.2, 0.25) is 5.54 Å². The number of ether oxygens (including phenoxy) is 3. The lowest BCUT2D eigenvalue weighted by Crippen LogP contribution is -2.64. The topological polar surface area (TPSA) is 77.4 Å². The van der Waals surface area contributed by atoms with Crippen molar-refractivity contribution in [2.24, 2.45) is 4.99 Å². The zero-order valence-corrected chi connectivity index (χ0v) is 20.6. The normalized spacial score (nSPS) is 26.1. The Balaban J connectivity index is 2.11. The maximum absolute atomic E-state index is 13.5. The number of carbonyl (C=O) groups excluding carboxylic acids is 1. The van der Waals surface area contributed by atoms with Crippen LogP contribution >= 0.6 is 0 Å². The zero-order chi connectivity index (χ0) is 24.4. The molecule has 2 heterocycles. The monoisotopic (exact) mass is 451 g/mol. The maximum Gasteiger partial charge on any atom is 0.343 e. The van der Waals surface area contributed by atoms with Crippen molar-refractivity contribution in [2.45, 2.75) is 76.5 Å². The second-order valence-corrected chi connectivity index (χ2v) is 11.1. The molecule has 33 heavy (non-hydrogen) atoms. The molecule has 2 aromatic rings. The van der Waals surface area contributed by atoms with E-state index in [1.807, 2.05) is 36.4 Å². The molecule has 6 nitrogen and oxygen atoms in total. The number of carbonyl (C=O) groups is 1. The van der Waals surface area contributed by atoms with Crippen LogP contribution in [0.5, 0.6) is 11.5 Å². The van der Waals surface area contributed by atoms with Crippen LogP contribution in [0.3, 0.4) is 0 Å². The van der Waals surface area contributed by atoms with Crippen LogP contribution in [0.4, 0.5) is 0 Å². The van der Waals surface area contributed by atoms with Crippen LogP contribution in [0, 0.1) is 0 Å². The number of hydrogen-bond acceptors (Lipinski definition) is 6. The van der Waals surface area contributed by atoms with E-state index in [1.54, 1.807) is 6.92 Å². The maximum atomic E-state index is 13.5. The summed E-state index contributed by atoms with van der Waals surface area (Å²) in [6.45, 7) is 14.1. The molecule has 0 aromatic heterocycles. The molecule has 0 saturated heterocycles. The molecule has 0 saturated carbocycles. The number of para-hydroxylation sites is 1. The Bertz CT molecular complexity index is 1100. The van der Waals surface area contributed by atoms with Crippen LogP contribution in [0.25, 0.3) is 0 Å². The average molecular weight is 452 g/mol. The molecule has 0 bridgehead atoms. The minimum Gasteiger partial charge on any atom is -0.507 e. The summed E-state index contributed by atoms with van der Waals surface area (Å²) in [5, 5.41) is 11.3. The summed E-state index contributed by atoms with van der Waals surface area (Å²) in [4.78, 5) is 18.0. The van der Waals surface area contributed by atoms with E-state index < -0.39 is 23.2 Å². The van der Waals surface area contributed by atoms with E-state index >= 15 is 0 Å². The molecule has 3 atom stereocenters. The second-order valence-electron chi connectivity index (χ2n) is 11.1. The van der Waals surface area contributed by atoms with Gasteiger partial charge in [-0.25, -0.2) is 9.79 Å². The van der Waals surface area contributed by atoms with Crippen molar-refractivity contribution >= 4 is 12.4 Å². The van der Waals surface area contributed by atoms with Gasteiger partial charge in [-0.2, -0.15) is 0 Å². The van der Waals surface area contributed by atoms with Gasteiger partial charge in [0.25, 0.3) is 5.79 Å². The van der Waals surface area contributed by atoms with E-state index in [2.05, 4.69) is 46.5 Å². The van der Waals surface area contributed by atoms with Crippen molar-refractivity contribution < 1.29 is 24.1 Å². The van der Waals surface area contributed by atoms with Gasteiger partial charge >= 0.3 is 5.97 Å². The Hall–Kier alpha value is -3.02. The highest BCUT2D eigenvalue weighted by atomic mass is 16.7. The van der Waals surface area contributed by atoms with E-state index in [-0.39, 0.29) is 16.6 Å². The van der Waals surface area contributed by atoms with Crippen LogP contribution in [0.1, 0.15) is 76.6 Å². The van der Waals surface area contributed by atoms with Crippen molar-refractivity contribution in [2.75, 3.05) is 7.11 Å². The summed E-state index contributed by atoms with van der Waals surface area (Å²) < 4.78 is 17.4. The number of aliphatic imine (C=N–C) groups is 1. The lowest BCUT2D eigenvalue weighted by atomic mass is 9.67. The van der Waals surface area contributed by atoms with Gasteiger partial charge in [-0.1, -0.05) is 71.9 Å². The molecule has 0 radical (unpaired) electrons. The SMILES string of the molecule is COC(=O)[C@]12N=CO[C@@]1(C)Oc1ccccc1C2c1cc(C(C)(C)C)c(O)c(C(C)(C)C)c1. The van der Waals surface area contributed by atoms with E-state index in [0.717, 1.165) is 22.3 Å². The average Bonchev–Trinajstić information content (AvgIpc) is 3.07. The van der Waals surface area contributed by atoms with Crippen molar-refractivity contribution in [1.29, 1.82) is 0 Å². The number of aromatic hydroxyl groups is 1. The fourth-order valence-electron chi connectivity index (χ4n) is 5.00. The first kappa shape index (κ1) is 23.1. The van der Waals surface area contributed by atoms with Crippen LogP contribution in [0.15, 0.2) is 41.4 Å². The Morgan fingerprint density at radius 1 is 1.06 bits per heavy atom. The number of phenolic OH excluding ortho intramolecular Hbond substituents is 1. The Morgan fingerprint density at radius 3 is 2.18 bits per heavy atom. The van der Waals surface area contributed by atoms with Crippen molar-refractivity contribution in [3.8, 4) is 11.5 Å². The minimum absolute atomic E-state index is 0.278. The third-order valence-electron chi connectivity index (χ3n) is 6.76. The quantitative estimate of drug-likeness (QED) is 0.635. The molecule has 6 heteroatoms. The summed E-state index contributed by atoms with van der Waals surface area (Å²) in [6.07, 6.45) is 1.28. The Kier molecular flexibility index (Phi) is 5.08. The molecule has 0 spiro atoms. The van der Waals surface area contributed by atoms with Gasteiger partial charge < -0.3 is 19.3 Å². The van der Waals surface area contributed by atoms with Gasteiger partial charge in [0.05, 0.1) is 13.0 Å². The van der Waals surface area contributed by atoms with Gasteiger partial charge in [0.1, 0.15) is 11.5 Å². The Labute approximate surface area is 195 Å². The standard InChI is InChI=1S/C27H33NO5/c1-24(2,3)18-13-16(14-19(22(18)29)25(4,5)6)21-17-11-9-10-12-20(17)33-26(7)27(21,23(30)31-8)28-15-32-26/h9-15,21,29H,1-8H3/t21?,26-,27-/m0/s1. The van der Waals surface area contributed by atoms with Gasteiger partial charge in [-0.3, -0.25) is 0 Å². The summed E-state index contributed by atoms with van der Waals surface area (Å²) >= 11 is 0. The molecule has 1 N–H and O–H groups in total. The van der Waals surface area contributed by atoms with Gasteiger partial charge in [0.15, 0.2) is 6.40 Å². The van der Waals surface area contributed by atoms with E-state index in [9.17, 15) is 9.90 Å². The van der Waals surface area contributed by atoms with Crippen LogP contribution in [-0.2, 0) is 25.1 Å². The van der Waals surface area contributed by atoms with Gasteiger partial charge in [-0.05, 0) is 33.6 Å². The summed E-state index contributed by atoms with van der Waals surface area (Å²) in [5.74, 6) is -1.58. The van der Waals surface area contributed by atoms with Crippen LogP contribution in [-0.4, -0.2) is 35.9 Å². The first-order valence-corrected chi connectivity index (χ1v) is 11.2. The number of methoxy groups -OCH3 is 1. The molecule has 1 unspecified atom stereocenters. The van der Waals surface area contributed by atoms with E-state index in [4.69, 9.17) is 14.2 Å². The summed E-state index contributed by atoms with van der Waals surface area (Å²) in [5.41, 5.74) is 1.12. The van der Waals surface area contributed by atoms with Gasteiger partial charge in [0, 0.05) is 12.5 Å². The number of benzene rings is 2. The highest BCUT2D eigenvalue weighted by Gasteiger charge is 2.69. The molecule has 4 rings (SSSR count). The molecule has 0 fully saturated rings. The largest absolute Gasteiger partial charge is 0.507 e. The third kappa shape index (κ3) is 3.30. The van der Waals surface area contributed by atoms with Gasteiger partial charge in [-0.15, -0.1) is 0 Å². The smallest absolute Gasteiger partial charge is 0.343 e. The first-order valence-electron chi connectivity index (χ1n) is 11.2. The number of rotatable bonds is 2. The fourth-order valence-corrected chi connectivity index (χ4v) is 5.00. The summed E-state index contributed by atoms with van der Waals surface area (Å²) in [7, 11) is 1.35. The zero-order valence-electron chi connectivity index (χ0n) is 20.6. The molecule has 2 aliphatic rings. The number of phenols is 1. The van der Waals surface area contributed by atoms with Crippen molar-refractivity contribution in [1.82, 2.24) is 0 Å². The van der Waals surface area contributed by atoms with E-state index in [1.165, 1.54) is 13.5 Å². The van der Waals surface area contributed by atoms with Crippen molar-refractivity contribution in [3.05, 3.63) is 58.7 Å². The number of esters is 1. The second kappa shape index (κ2) is 7.24. The highest BCUT2D eigenvalue weighted by molar-refractivity contribution is 5.89. The third-order valence-corrected chi connectivity index (χ3v) is 6.76. The highest BCUT2D eigenvalue weighted by Crippen LogP contribution is 2.56. The molecular weight excluding hydrogens is 418 g/mol. The molecule has 0 amide bonds. The minimum atomic E-state index is -1.49. The Morgan fingerprint density at radius 2 is 1.64 bits per heavy atom. The fraction of sp³-hybridized carbons (Fsp3) is 0.481. The van der Waals surface area contributed by atoms with E-state index in [0.29, 0.717) is 5.75 Å². The molecule has 176 valence electrons. The lowest BCUT2D eigenvalue weighted by molar-refractivity contribution is -0.186. The number of fused-ring (bicyclic) bond motifs is 2. The number of hydrogen-bond donors (Lipinski definition) is 1. The molecule has 2 aliphatic heterocycles. The number of nitrogens with zero attached hydrogens (tertiary/aromatic N) is 1. The molecule has 2 aromatic carbocycles. The lowest BCUT2D eigenvalue weighted by Gasteiger charge is -2.47. The predicted molar refractivity (Wildman–Crippen MR) is 127 cm³/mol. The molecule has 0 aliphatic carbocycles. The van der Waals surface area contributed by atoms with Crippen molar-refractivity contribution in [3.63, 3.8) is 0 Å². The summed E-state index contributed by atoms with van der Waals surface area (Å²) in [6, 6.07) is 11.6. The predicted octanol–water partition coefficient (Wildman–Crippen LogP) is 5.20. The molecular formula is C27H33NO5. The van der Waals surface area contributed by atoms with Crippen LogP contribution in [0.2, 0.25) is 0 Å².